The standard InChI is InChI=1S/C19H17N3O/c23-19-15(8-7-12-4-3-9-21-17(12)19)18-14-6-2-1-5-13(14)16-10-20-11-22(16)18/h1-6,9-11,15,18-19,23H,7-8H2/t15-,18+,19+/m0/s1. The summed E-state index contributed by atoms with van der Waals surface area (Å²) in [4.78, 5) is 8.77. The molecule has 1 aliphatic carbocycles. The van der Waals surface area contributed by atoms with Crippen LogP contribution in [0.1, 0.15) is 35.4 Å². The van der Waals surface area contributed by atoms with Gasteiger partial charge in [0, 0.05) is 17.7 Å². The summed E-state index contributed by atoms with van der Waals surface area (Å²) in [7, 11) is 0. The van der Waals surface area contributed by atoms with E-state index in [9.17, 15) is 5.11 Å². The molecule has 0 unspecified atom stereocenters. The second-order valence-corrected chi connectivity index (χ2v) is 6.41. The Hall–Kier alpha value is -2.46. The molecule has 3 aromatic rings. The van der Waals surface area contributed by atoms with E-state index in [0.717, 1.165) is 24.2 Å². The van der Waals surface area contributed by atoms with Gasteiger partial charge in [0.1, 0.15) is 6.10 Å². The maximum absolute atomic E-state index is 11.0. The second-order valence-electron chi connectivity index (χ2n) is 6.41. The average Bonchev–Trinajstić information content (AvgIpc) is 3.17. The molecule has 4 nitrogen and oxygen atoms in total. The monoisotopic (exact) mass is 303 g/mol. The molecular formula is C19H17N3O. The van der Waals surface area contributed by atoms with Gasteiger partial charge in [0.15, 0.2) is 0 Å². The van der Waals surface area contributed by atoms with Crippen LogP contribution >= 0.6 is 0 Å². The number of fused-ring (bicyclic) bond motifs is 4. The van der Waals surface area contributed by atoms with Gasteiger partial charge in [0.25, 0.3) is 0 Å². The number of aryl methyl sites for hydroxylation is 1. The minimum atomic E-state index is -0.536. The first kappa shape index (κ1) is 13.0. The zero-order valence-corrected chi connectivity index (χ0v) is 12.6. The molecule has 0 saturated carbocycles. The van der Waals surface area contributed by atoms with Gasteiger partial charge in [-0.05, 0) is 30.0 Å². The average molecular weight is 303 g/mol. The molecule has 3 atom stereocenters. The maximum Gasteiger partial charge on any atom is 0.101 e. The Bertz CT molecular complexity index is 886. The van der Waals surface area contributed by atoms with E-state index in [2.05, 4.69) is 44.9 Å². The van der Waals surface area contributed by atoms with Crippen molar-refractivity contribution in [3.05, 3.63) is 71.9 Å². The highest BCUT2D eigenvalue weighted by molar-refractivity contribution is 5.69. The summed E-state index contributed by atoms with van der Waals surface area (Å²) >= 11 is 0. The Morgan fingerprint density at radius 2 is 2.04 bits per heavy atom. The highest BCUT2D eigenvalue weighted by Gasteiger charge is 2.40. The fourth-order valence-corrected chi connectivity index (χ4v) is 4.25. The summed E-state index contributed by atoms with van der Waals surface area (Å²) in [5.41, 5.74) is 5.68. The lowest BCUT2D eigenvalue weighted by molar-refractivity contribution is 0.0679. The molecule has 2 aromatic heterocycles. The van der Waals surface area contributed by atoms with E-state index >= 15 is 0 Å². The molecule has 1 N–H and O–H groups in total. The van der Waals surface area contributed by atoms with E-state index < -0.39 is 6.10 Å². The highest BCUT2D eigenvalue weighted by atomic mass is 16.3. The number of hydrogen-bond acceptors (Lipinski definition) is 3. The van der Waals surface area contributed by atoms with Crippen LogP contribution in [0.4, 0.5) is 0 Å². The molecule has 114 valence electrons. The number of aliphatic hydroxyl groups is 1. The first-order chi connectivity index (χ1) is 11.3. The van der Waals surface area contributed by atoms with Crippen molar-refractivity contribution in [3.8, 4) is 11.3 Å². The first-order valence-corrected chi connectivity index (χ1v) is 8.07. The molecule has 0 spiro atoms. The van der Waals surface area contributed by atoms with Gasteiger partial charge in [-0.1, -0.05) is 30.3 Å². The molecule has 0 amide bonds. The summed E-state index contributed by atoms with van der Waals surface area (Å²) in [6.45, 7) is 0. The van der Waals surface area contributed by atoms with Crippen molar-refractivity contribution in [2.24, 2.45) is 5.92 Å². The summed E-state index contributed by atoms with van der Waals surface area (Å²) in [6.07, 6.45) is 6.96. The summed E-state index contributed by atoms with van der Waals surface area (Å²) in [6, 6.07) is 12.6. The molecule has 23 heavy (non-hydrogen) atoms. The van der Waals surface area contributed by atoms with Crippen molar-refractivity contribution >= 4 is 0 Å². The lowest BCUT2D eigenvalue weighted by Crippen LogP contribution is -2.29. The van der Waals surface area contributed by atoms with E-state index in [1.165, 1.54) is 16.7 Å². The van der Waals surface area contributed by atoms with E-state index in [0.29, 0.717) is 0 Å². The fraction of sp³-hybridized carbons (Fsp3) is 0.263. The van der Waals surface area contributed by atoms with Gasteiger partial charge in [0.05, 0.1) is 30.0 Å². The van der Waals surface area contributed by atoms with E-state index in [1.54, 1.807) is 6.20 Å². The summed E-state index contributed by atoms with van der Waals surface area (Å²) < 4.78 is 2.21. The predicted octanol–water partition coefficient (Wildman–Crippen LogP) is 3.14. The van der Waals surface area contributed by atoms with E-state index in [1.807, 2.05) is 18.6 Å². The van der Waals surface area contributed by atoms with Crippen LogP contribution in [0.15, 0.2) is 55.1 Å². The molecule has 0 radical (unpaired) electrons. The number of pyridine rings is 1. The van der Waals surface area contributed by atoms with Gasteiger partial charge in [-0.15, -0.1) is 0 Å². The summed E-state index contributed by atoms with van der Waals surface area (Å²) in [5.74, 6) is 0.119. The van der Waals surface area contributed by atoms with Crippen LogP contribution in [0.2, 0.25) is 0 Å². The minimum absolute atomic E-state index is 0.119. The van der Waals surface area contributed by atoms with Crippen molar-refractivity contribution < 1.29 is 5.11 Å². The highest BCUT2D eigenvalue weighted by Crippen LogP contribution is 2.49. The second kappa shape index (κ2) is 4.77. The van der Waals surface area contributed by atoms with Crippen LogP contribution in [-0.4, -0.2) is 19.6 Å². The Labute approximate surface area is 134 Å². The molecule has 0 fully saturated rings. The van der Waals surface area contributed by atoms with Crippen LogP contribution in [0.5, 0.6) is 0 Å². The Kier molecular flexibility index (Phi) is 2.70. The van der Waals surface area contributed by atoms with Crippen LogP contribution in [-0.2, 0) is 6.42 Å². The number of hydrogen-bond donors (Lipinski definition) is 1. The van der Waals surface area contributed by atoms with Crippen molar-refractivity contribution in [1.29, 1.82) is 0 Å². The van der Waals surface area contributed by atoms with Gasteiger partial charge in [-0.25, -0.2) is 4.98 Å². The summed E-state index contributed by atoms with van der Waals surface area (Å²) in [5, 5.41) is 11.0. The SMILES string of the molecule is O[C@H]1c2ncccc2CC[C@H]1[C@H]1c2ccccc2-c2cncn21. The van der Waals surface area contributed by atoms with Crippen molar-refractivity contribution in [1.82, 2.24) is 14.5 Å². The van der Waals surface area contributed by atoms with Gasteiger partial charge in [-0.2, -0.15) is 0 Å². The molecule has 1 aromatic carbocycles. The third-order valence-electron chi connectivity index (χ3n) is 5.29. The van der Waals surface area contributed by atoms with Crippen LogP contribution < -0.4 is 0 Å². The molecule has 2 aliphatic rings. The number of rotatable bonds is 1. The largest absolute Gasteiger partial charge is 0.386 e. The van der Waals surface area contributed by atoms with E-state index in [4.69, 9.17) is 0 Å². The molecule has 5 rings (SSSR count). The fourth-order valence-electron chi connectivity index (χ4n) is 4.25. The molecule has 0 bridgehead atoms. The molecule has 4 heteroatoms. The van der Waals surface area contributed by atoms with Crippen molar-refractivity contribution in [2.75, 3.05) is 0 Å². The van der Waals surface area contributed by atoms with Crippen LogP contribution in [0.25, 0.3) is 11.3 Å². The predicted molar refractivity (Wildman–Crippen MR) is 86.8 cm³/mol. The number of aromatic nitrogens is 3. The number of nitrogens with zero attached hydrogens (tertiary/aromatic N) is 3. The van der Waals surface area contributed by atoms with Crippen LogP contribution in [0.3, 0.4) is 0 Å². The quantitative estimate of drug-likeness (QED) is 0.751. The topological polar surface area (TPSA) is 50.9 Å². The van der Waals surface area contributed by atoms with Crippen molar-refractivity contribution in [3.63, 3.8) is 0 Å². The lowest BCUT2D eigenvalue weighted by atomic mass is 9.78. The normalized spacial score (nSPS) is 24.8. The van der Waals surface area contributed by atoms with Gasteiger partial charge >= 0.3 is 0 Å². The Balaban J connectivity index is 1.64. The first-order valence-electron chi connectivity index (χ1n) is 8.07. The molecule has 0 saturated heterocycles. The van der Waals surface area contributed by atoms with Crippen LogP contribution in [0, 0.1) is 5.92 Å². The Morgan fingerprint density at radius 1 is 1.13 bits per heavy atom. The number of benzene rings is 1. The smallest absolute Gasteiger partial charge is 0.101 e. The lowest BCUT2D eigenvalue weighted by Gasteiger charge is -2.34. The minimum Gasteiger partial charge on any atom is -0.386 e. The zero-order chi connectivity index (χ0) is 15.4. The maximum atomic E-state index is 11.0. The van der Waals surface area contributed by atoms with E-state index in [-0.39, 0.29) is 12.0 Å². The number of aliphatic hydroxyl groups excluding tert-OH is 1. The van der Waals surface area contributed by atoms with Gasteiger partial charge in [-0.3, -0.25) is 4.98 Å². The Morgan fingerprint density at radius 3 is 3.00 bits per heavy atom. The zero-order valence-electron chi connectivity index (χ0n) is 12.6. The van der Waals surface area contributed by atoms with Crippen molar-refractivity contribution in [2.45, 2.75) is 25.0 Å². The molecular weight excluding hydrogens is 286 g/mol. The third kappa shape index (κ3) is 1.75. The third-order valence-corrected chi connectivity index (χ3v) is 5.29. The number of imidazole rings is 1. The van der Waals surface area contributed by atoms with Gasteiger partial charge < -0.3 is 9.67 Å². The molecule has 1 aliphatic heterocycles. The molecule has 3 heterocycles. The van der Waals surface area contributed by atoms with Gasteiger partial charge in [0.2, 0.25) is 0 Å².